The van der Waals surface area contributed by atoms with E-state index in [0.29, 0.717) is 31.5 Å². The molecule has 0 aliphatic carbocycles. The van der Waals surface area contributed by atoms with Crippen LogP contribution in [0.2, 0.25) is 0 Å². The highest BCUT2D eigenvalue weighted by atomic mass is 32.2. The molecule has 0 aromatic heterocycles. The van der Waals surface area contributed by atoms with Crippen molar-refractivity contribution in [2.75, 3.05) is 25.5 Å². The first-order chi connectivity index (χ1) is 15.5. The van der Waals surface area contributed by atoms with E-state index in [1.54, 1.807) is 4.90 Å². The third-order valence-electron chi connectivity index (χ3n) is 5.27. The van der Waals surface area contributed by atoms with E-state index in [2.05, 4.69) is 15.4 Å². The number of alkyl halides is 3. The maximum atomic E-state index is 12.7. The molecule has 8 nitrogen and oxygen atoms in total. The van der Waals surface area contributed by atoms with Crippen LogP contribution in [-0.2, 0) is 16.2 Å². The second-order valence-corrected chi connectivity index (χ2v) is 9.36. The van der Waals surface area contributed by atoms with Crippen LogP contribution in [-0.4, -0.2) is 51.4 Å². The van der Waals surface area contributed by atoms with Crippen LogP contribution < -0.4 is 15.4 Å². The minimum atomic E-state index is -4.45. The number of rotatable bonds is 5. The number of hydrogen-bond acceptors (Lipinski definition) is 4. The van der Waals surface area contributed by atoms with Crippen molar-refractivity contribution in [3.8, 4) is 0 Å². The summed E-state index contributed by atoms with van der Waals surface area (Å²) in [5.74, 6) is -0.240. The van der Waals surface area contributed by atoms with Gasteiger partial charge in [0.15, 0.2) is 0 Å². The molecule has 0 atom stereocenters. The molecule has 3 amide bonds. The van der Waals surface area contributed by atoms with Crippen LogP contribution in [0.5, 0.6) is 0 Å². The minimum Gasteiger partial charge on any atom is -0.338 e. The summed E-state index contributed by atoms with van der Waals surface area (Å²) < 4.78 is 63.6. The number of sulfonamides is 1. The van der Waals surface area contributed by atoms with Crippen LogP contribution in [0, 0.1) is 0 Å². The van der Waals surface area contributed by atoms with Crippen molar-refractivity contribution in [1.29, 1.82) is 0 Å². The molecule has 1 aliphatic heterocycles. The highest BCUT2D eigenvalue weighted by Crippen LogP contribution is 2.29. The molecule has 178 valence electrons. The summed E-state index contributed by atoms with van der Waals surface area (Å²) in [7, 11) is -2.28. The van der Waals surface area contributed by atoms with Crippen molar-refractivity contribution in [1.82, 2.24) is 14.9 Å². The molecule has 1 heterocycles. The third kappa shape index (κ3) is 6.23. The fourth-order valence-corrected chi connectivity index (χ4v) is 4.13. The lowest BCUT2D eigenvalue weighted by Gasteiger charge is -2.32. The second kappa shape index (κ2) is 9.79. The first kappa shape index (κ1) is 24.5. The number of piperidine rings is 1. The van der Waals surface area contributed by atoms with E-state index in [-0.39, 0.29) is 22.5 Å². The average Bonchev–Trinajstić information content (AvgIpc) is 2.79. The van der Waals surface area contributed by atoms with E-state index >= 15 is 0 Å². The molecular formula is C21H23F3N4O4S. The van der Waals surface area contributed by atoms with Gasteiger partial charge < -0.3 is 15.5 Å². The fourth-order valence-electron chi connectivity index (χ4n) is 3.40. The number of likely N-dealkylation sites (tertiary alicyclic amines) is 1. The number of nitrogens with one attached hydrogen (secondary N) is 3. The van der Waals surface area contributed by atoms with Crippen LogP contribution in [0.3, 0.4) is 0 Å². The van der Waals surface area contributed by atoms with Gasteiger partial charge >= 0.3 is 12.2 Å². The molecule has 12 heteroatoms. The van der Waals surface area contributed by atoms with Gasteiger partial charge in [-0.1, -0.05) is 0 Å². The molecule has 1 saturated heterocycles. The average molecular weight is 485 g/mol. The summed E-state index contributed by atoms with van der Waals surface area (Å²) in [4.78, 5) is 26.5. The Labute approximate surface area is 189 Å². The van der Waals surface area contributed by atoms with Gasteiger partial charge in [-0.2, -0.15) is 13.2 Å². The molecule has 2 aromatic carbocycles. The van der Waals surface area contributed by atoms with Gasteiger partial charge in [0.2, 0.25) is 10.0 Å². The zero-order chi connectivity index (χ0) is 24.2. The first-order valence-electron chi connectivity index (χ1n) is 10.1. The summed E-state index contributed by atoms with van der Waals surface area (Å²) >= 11 is 0. The maximum absolute atomic E-state index is 12.7. The number of benzene rings is 2. The Morgan fingerprint density at radius 2 is 1.55 bits per heavy atom. The van der Waals surface area contributed by atoms with Crippen molar-refractivity contribution < 1.29 is 31.2 Å². The van der Waals surface area contributed by atoms with Gasteiger partial charge in [0.05, 0.1) is 10.5 Å². The number of anilines is 1. The summed E-state index contributed by atoms with van der Waals surface area (Å²) in [5, 5.41) is 5.26. The molecule has 2 aromatic rings. The number of amides is 3. The molecule has 33 heavy (non-hydrogen) atoms. The molecule has 1 aliphatic rings. The Bertz CT molecular complexity index is 1100. The van der Waals surface area contributed by atoms with Gasteiger partial charge in [-0.3, -0.25) is 4.79 Å². The number of halogens is 3. The third-order valence-corrected chi connectivity index (χ3v) is 6.70. The van der Waals surface area contributed by atoms with Crippen molar-refractivity contribution in [2.24, 2.45) is 0 Å². The van der Waals surface area contributed by atoms with Gasteiger partial charge in [0, 0.05) is 30.4 Å². The molecule has 3 N–H and O–H groups in total. The smallest absolute Gasteiger partial charge is 0.338 e. The van der Waals surface area contributed by atoms with E-state index in [9.17, 15) is 31.2 Å². The van der Waals surface area contributed by atoms with E-state index in [4.69, 9.17) is 0 Å². The highest BCUT2D eigenvalue weighted by molar-refractivity contribution is 7.89. The van der Waals surface area contributed by atoms with Crippen LogP contribution >= 0.6 is 0 Å². The lowest BCUT2D eigenvalue weighted by atomic mass is 10.0. The maximum Gasteiger partial charge on any atom is 0.416 e. The van der Waals surface area contributed by atoms with Gasteiger partial charge in [0.25, 0.3) is 5.91 Å². The van der Waals surface area contributed by atoms with Gasteiger partial charge in [-0.05, 0) is 68.4 Å². The van der Waals surface area contributed by atoms with E-state index in [0.717, 1.165) is 12.1 Å². The Balaban J connectivity index is 1.49. The number of urea groups is 1. The Morgan fingerprint density at radius 1 is 0.970 bits per heavy atom. The predicted molar refractivity (Wildman–Crippen MR) is 115 cm³/mol. The quantitative estimate of drug-likeness (QED) is 0.606. The van der Waals surface area contributed by atoms with E-state index < -0.39 is 27.8 Å². The Morgan fingerprint density at radius 3 is 2.06 bits per heavy atom. The van der Waals surface area contributed by atoms with Crippen molar-refractivity contribution in [3.63, 3.8) is 0 Å². The standard InChI is InChI=1S/C21H23F3N4O4S/c1-25-33(31,32)18-8-2-14(3-9-18)19(29)28-12-10-17(11-13-28)27-20(30)26-16-6-4-15(5-7-16)21(22,23)24/h2-9,17,25H,10-13H2,1H3,(H2,26,27,30). The number of carbonyl (C=O) groups excluding carboxylic acids is 2. The zero-order valence-corrected chi connectivity index (χ0v) is 18.5. The Hall–Kier alpha value is -3.12. The van der Waals surface area contributed by atoms with Crippen LogP contribution in [0.1, 0.15) is 28.8 Å². The van der Waals surface area contributed by atoms with Crippen LogP contribution in [0.4, 0.5) is 23.7 Å². The van der Waals surface area contributed by atoms with Gasteiger partial charge in [-0.25, -0.2) is 17.9 Å². The number of carbonyl (C=O) groups is 2. The highest BCUT2D eigenvalue weighted by Gasteiger charge is 2.30. The molecule has 0 radical (unpaired) electrons. The van der Waals surface area contributed by atoms with Crippen LogP contribution in [0.25, 0.3) is 0 Å². The molecule has 1 fully saturated rings. The molecule has 0 saturated carbocycles. The molecular weight excluding hydrogens is 461 g/mol. The number of hydrogen-bond donors (Lipinski definition) is 3. The first-order valence-corrected chi connectivity index (χ1v) is 11.6. The van der Waals surface area contributed by atoms with Gasteiger partial charge in [0.1, 0.15) is 0 Å². The molecule has 0 unspecified atom stereocenters. The summed E-state index contributed by atoms with van der Waals surface area (Å²) in [6, 6.07) is 9.02. The summed E-state index contributed by atoms with van der Waals surface area (Å²) in [6.45, 7) is 0.779. The van der Waals surface area contributed by atoms with Crippen molar-refractivity contribution in [3.05, 3.63) is 59.7 Å². The Kier molecular flexibility index (Phi) is 7.28. The monoisotopic (exact) mass is 484 g/mol. The number of nitrogens with zero attached hydrogens (tertiary/aromatic N) is 1. The lowest BCUT2D eigenvalue weighted by molar-refractivity contribution is -0.137. The lowest BCUT2D eigenvalue weighted by Crippen LogP contribution is -2.47. The van der Waals surface area contributed by atoms with Crippen molar-refractivity contribution >= 4 is 27.6 Å². The normalized spacial score (nSPS) is 15.2. The zero-order valence-electron chi connectivity index (χ0n) is 17.6. The molecule has 3 rings (SSSR count). The topological polar surface area (TPSA) is 108 Å². The molecule has 0 spiro atoms. The predicted octanol–water partition coefficient (Wildman–Crippen LogP) is 3.04. The van der Waals surface area contributed by atoms with E-state index in [1.807, 2.05) is 0 Å². The SMILES string of the molecule is CNS(=O)(=O)c1ccc(C(=O)N2CCC(NC(=O)Nc3ccc(C(F)(F)F)cc3)CC2)cc1. The van der Waals surface area contributed by atoms with Crippen molar-refractivity contribution in [2.45, 2.75) is 30.0 Å². The van der Waals surface area contributed by atoms with Crippen LogP contribution in [0.15, 0.2) is 53.4 Å². The van der Waals surface area contributed by atoms with E-state index in [1.165, 1.54) is 43.4 Å². The largest absolute Gasteiger partial charge is 0.416 e. The summed E-state index contributed by atoms with van der Waals surface area (Å²) in [5.41, 5.74) is -0.211. The minimum absolute atomic E-state index is 0.0588. The fraction of sp³-hybridized carbons (Fsp3) is 0.333. The van der Waals surface area contributed by atoms with Gasteiger partial charge in [-0.15, -0.1) is 0 Å². The summed E-state index contributed by atoms with van der Waals surface area (Å²) in [6.07, 6.45) is -3.45. The molecule has 0 bridgehead atoms. The second-order valence-electron chi connectivity index (χ2n) is 7.47.